The zero-order chi connectivity index (χ0) is 12.4. The molecule has 0 saturated heterocycles. The Morgan fingerprint density at radius 3 is 2.50 bits per heavy atom. The molecule has 3 aromatic rings. The first-order valence-corrected chi connectivity index (χ1v) is 5.52. The van der Waals surface area contributed by atoms with E-state index in [1.165, 1.54) is 0 Å². The van der Waals surface area contributed by atoms with Crippen LogP contribution in [0.15, 0.2) is 54.9 Å². The number of hydrogen-bond donors (Lipinski definition) is 1. The van der Waals surface area contributed by atoms with E-state index in [-0.39, 0.29) is 0 Å². The van der Waals surface area contributed by atoms with E-state index in [0.717, 1.165) is 16.9 Å². The molecular weight excluding hydrogens is 226 g/mol. The molecule has 18 heavy (non-hydrogen) atoms. The van der Waals surface area contributed by atoms with Crippen LogP contribution in [-0.2, 0) is 0 Å². The molecule has 2 N–H and O–H groups in total. The molecule has 0 radical (unpaired) electrons. The normalized spacial score (nSPS) is 10.4. The molecule has 5 heteroatoms. The highest BCUT2D eigenvalue weighted by atomic mass is 15.4. The van der Waals surface area contributed by atoms with Crippen molar-refractivity contribution in [2.24, 2.45) is 0 Å². The average molecular weight is 237 g/mol. The minimum Gasteiger partial charge on any atom is -0.384 e. The summed E-state index contributed by atoms with van der Waals surface area (Å²) >= 11 is 0. The molecule has 2 heterocycles. The van der Waals surface area contributed by atoms with Gasteiger partial charge >= 0.3 is 0 Å². The van der Waals surface area contributed by atoms with Crippen LogP contribution >= 0.6 is 0 Å². The van der Waals surface area contributed by atoms with Crippen molar-refractivity contribution in [2.75, 3.05) is 5.73 Å². The molecule has 3 rings (SSSR count). The zero-order valence-corrected chi connectivity index (χ0v) is 9.56. The number of hydrogen-bond acceptors (Lipinski definition) is 4. The van der Waals surface area contributed by atoms with Gasteiger partial charge in [0.05, 0.1) is 17.6 Å². The third kappa shape index (κ3) is 1.82. The number of anilines is 1. The summed E-state index contributed by atoms with van der Waals surface area (Å²) in [6, 6.07) is 13.5. The highest BCUT2D eigenvalue weighted by Gasteiger charge is 2.08. The number of pyridine rings is 1. The van der Waals surface area contributed by atoms with Crippen LogP contribution in [0, 0.1) is 0 Å². The maximum atomic E-state index is 5.58. The monoisotopic (exact) mass is 237 g/mol. The first kappa shape index (κ1) is 10.5. The van der Waals surface area contributed by atoms with Gasteiger partial charge in [0.15, 0.2) is 0 Å². The lowest BCUT2D eigenvalue weighted by molar-refractivity contribution is 0.808. The lowest BCUT2D eigenvalue weighted by atomic mass is 10.2. The molecular formula is C13H11N5. The van der Waals surface area contributed by atoms with Crippen LogP contribution in [0.5, 0.6) is 0 Å². The van der Waals surface area contributed by atoms with Gasteiger partial charge in [-0.2, -0.15) is 0 Å². The topological polar surface area (TPSA) is 69.6 Å². The number of nitrogen functional groups attached to an aromatic ring is 1. The predicted octanol–water partition coefficient (Wildman–Crippen LogP) is 1.91. The third-order valence-corrected chi connectivity index (χ3v) is 2.63. The smallest absolute Gasteiger partial charge is 0.123 e. The molecule has 0 aliphatic rings. The second kappa shape index (κ2) is 4.29. The van der Waals surface area contributed by atoms with Gasteiger partial charge in [0.25, 0.3) is 0 Å². The van der Waals surface area contributed by atoms with E-state index in [1.807, 2.05) is 36.4 Å². The van der Waals surface area contributed by atoms with E-state index >= 15 is 0 Å². The molecule has 5 nitrogen and oxygen atoms in total. The Hall–Kier alpha value is -2.69. The largest absolute Gasteiger partial charge is 0.384 e. The fourth-order valence-electron chi connectivity index (χ4n) is 1.75. The van der Waals surface area contributed by atoms with Gasteiger partial charge in [-0.15, -0.1) is 5.10 Å². The van der Waals surface area contributed by atoms with E-state index in [9.17, 15) is 0 Å². The van der Waals surface area contributed by atoms with Gasteiger partial charge in [0.1, 0.15) is 5.82 Å². The standard InChI is InChI=1S/C13H11N5/c14-13-7-6-10(8-15-13)12-9-16-17-18(12)11-4-2-1-3-5-11/h1-9H,(H2,14,15). The summed E-state index contributed by atoms with van der Waals surface area (Å²) in [4.78, 5) is 4.08. The number of para-hydroxylation sites is 1. The second-order valence-electron chi connectivity index (χ2n) is 3.84. The molecule has 0 saturated carbocycles. The number of benzene rings is 1. The van der Waals surface area contributed by atoms with Gasteiger partial charge in [0.2, 0.25) is 0 Å². The minimum atomic E-state index is 0.498. The van der Waals surface area contributed by atoms with Gasteiger partial charge in [-0.05, 0) is 24.3 Å². The van der Waals surface area contributed by atoms with Gasteiger partial charge in [-0.1, -0.05) is 23.4 Å². The van der Waals surface area contributed by atoms with Crippen LogP contribution in [0.1, 0.15) is 0 Å². The molecule has 0 aliphatic heterocycles. The predicted molar refractivity (Wildman–Crippen MR) is 69.0 cm³/mol. The first-order valence-electron chi connectivity index (χ1n) is 5.52. The van der Waals surface area contributed by atoms with Crippen LogP contribution in [0.2, 0.25) is 0 Å². The van der Waals surface area contributed by atoms with Crippen molar-refractivity contribution < 1.29 is 0 Å². The fraction of sp³-hybridized carbons (Fsp3) is 0. The van der Waals surface area contributed by atoms with Crippen molar-refractivity contribution in [1.82, 2.24) is 20.0 Å². The van der Waals surface area contributed by atoms with Crippen LogP contribution in [0.25, 0.3) is 16.9 Å². The molecule has 0 amide bonds. The van der Waals surface area contributed by atoms with Crippen molar-refractivity contribution in [1.29, 1.82) is 0 Å². The zero-order valence-electron chi connectivity index (χ0n) is 9.56. The first-order chi connectivity index (χ1) is 8.84. The van der Waals surface area contributed by atoms with Gasteiger partial charge < -0.3 is 5.73 Å². The molecule has 0 aliphatic carbocycles. The Balaban J connectivity index is 2.10. The minimum absolute atomic E-state index is 0.498. The van der Waals surface area contributed by atoms with Gasteiger partial charge in [-0.3, -0.25) is 0 Å². The average Bonchev–Trinajstić information content (AvgIpc) is 2.90. The molecule has 88 valence electrons. The molecule has 0 fully saturated rings. The van der Waals surface area contributed by atoms with E-state index in [2.05, 4.69) is 15.3 Å². The Kier molecular flexibility index (Phi) is 2.49. The van der Waals surface area contributed by atoms with Crippen molar-refractivity contribution in [2.45, 2.75) is 0 Å². The van der Waals surface area contributed by atoms with Crippen molar-refractivity contribution in [3.63, 3.8) is 0 Å². The lowest BCUT2D eigenvalue weighted by Gasteiger charge is -2.05. The number of nitrogens with two attached hydrogens (primary N) is 1. The Labute approximate surface area is 104 Å². The summed E-state index contributed by atoms with van der Waals surface area (Å²) < 4.78 is 1.77. The van der Waals surface area contributed by atoms with Gasteiger partial charge in [0, 0.05) is 11.8 Å². The summed E-state index contributed by atoms with van der Waals surface area (Å²) in [7, 11) is 0. The Morgan fingerprint density at radius 2 is 1.78 bits per heavy atom. The SMILES string of the molecule is Nc1ccc(-c2cnnn2-c2ccccc2)cn1. The quantitative estimate of drug-likeness (QED) is 0.739. The number of aromatic nitrogens is 4. The van der Waals surface area contributed by atoms with E-state index < -0.39 is 0 Å². The number of rotatable bonds is 2. The van der Waals surface area contributed by atoms with Crippen LogP contribution in [-0.4, -0.2) is 20.0 Å². The summed E-state index contributed by atoms with van der Waals surface area (Å²) in [5.74, 6) is 0.498. The summed E-state index contributed by atoms with van der Waals surface area (Å²) in [6.45, 7) is 0. The molecule has 1 aromatic carbocycles. The Bertz CT molecular complexity index is 643. The van der Waals surface area contributed by atoms with Crippen LogP contribution in [0.4, 0.5) is 5.82 Å². The second-order valence-corrected chi connectivity index (χ2v) is 3.84. The molecule has 0 unspecified atom stereocenters. The van der Waals surface area contributed by atoms with Crippen molar-refractivity contribution in [3.05, 3.63) is 54.9 Å². The van der Waals surface area contributed by atoms with Gasteiger partial charge in [-0.25, -0.2) is 9.67 Å². The lowest BCUT2D eigenvalue weighted by Crippen LogP contribution is -1.99. The van der Waals surface area contributed by atoms with Crippen molar-refractivity contribution >= 4 is 5.82 Å². The van der Waals surface area contributed by atoms with E-state index in [1.54, 1.807) is 23.1 Å². The summed E-state index contributed by atoms with van der Waals surface area (Å²) in [5.41, 5.74) is 8.35. The van der Waals surface area contributed by atoms with E-state index in [0.29, 0.717) is 5.82 Å². The highest BCUT2D eigenvalue weighted by molar-refractivity contribution is 5.60. The summed E-state index contributed by atoms with van der Waals surface area (Å²) in [5, 5.41) is 8.04. The fourth-order valence-corrected chi connectivity index (χ4v) is 1.75. The van der Waals surface area contributed by atoms with Crippen LogP contribution in [0.3, 0.4) is 0 Å². The number of nitrogens with zero attached hydrogens (tertiary/aromatic N) is 4. The molecule has 0 spiro atoms. The maximum Gasteiger partial charge on any atom is 0.123 e. The Morgan fingerprint density at radius 1 is 0.944 bits per heavy atom. The molecule has 2 aromatic heterocycles. The summed E-state index contributed by atoms with van der Waals surface area (Å²) in [6.07, 6.45) is 3.42. The third-order valence-electron chi connectivity index (χ3n) is 2.63. The van der Waals surface area contributed by atoms with Crippen molar-refractivity contribution in [3.8, 4) is 16.9 Å². The van der Waals surface area contributed by atoms with E-state index in [4.69, 9.17) is 5.73 Å². The maximum absolute atomic E-state index is 5.58. The molecule has 0 atom stereocenters. The highest BCUT2D eigenvalue weighted by Crippen LogP contribution is 2.20. The van der Waals surface area contributed by atoms with Crippen LogP contribution < -0.4 is 5.73 Å². The molecule has 0 bridgehead atoms.